The molecule has 1 aromatic carbocycles. The molecule has 6 nitrogen and oxygen atoms in total. The number of rotatable bonds is 4. The van der Waals surface area contributed by atoms with Crippen molar-refractivity contribution in [3.8, 4) is 0 Å². The van der Waals surface area contributed by atoms with E-state index in [1.165, 1.54) is 13.0 Å². The number of nitrogens with one attached hydrogen (secondary N) is 2. The van der Waals surface area contributed by atoms with Gasteiger partial charge < -0.3 is 10.6 Å². The molecule has 0 spiro atoms. The zero-order valence-electron chi connectivity index (χ0n) is 11.2. The van der Waals surface area contributed by atoms with Gasteiger partial charge in [-0.2, -0.15) is 13.2 Å². The molecule has 0 saturated carbocycles. The highest BCUT2D eigenvalue weighted by Gasteiger charge is 2.33. The van der Waals surface area contributed by atoms with Crippen molar-refractivity contribution < 1.29 is 26.4 Å². The van der Waals surface area contributed by atoms with Gasteiger partial charge in [0.1, 0.15) is 0 Å². The van der Waals surface area contributed by atoms with Gasteiger partial charge in [-0.15, -0.1) is 0 Å². The van der Waals surface area contributed by atoms with Crippen LogP contribution in [-0.2, 0) is 16.2 Å². The summed E-state index contributed by atoms with van der Waals surface area (Å²) in [6.07, 6.45) is -4.66. The molecule has 0 aliphatic heterocycles. The number of primary sulfonamides is 1. The van der Waals surface area contributed by atoms with E-state index in [0.29, 0.717) is 6.07 Å². The summed E-state index contributed by atoms with van der Waals surface area (Å²) in [4.78, 5) is 11.5. The maximum absolute atomic E-state index is 12.7. The van der Waals surface area contributed by atoms with Crippen molar-refractivity contribution in [1.29, 1.82) is 0 Å². The van der Waals surface area contributed by atoms with Crippen LogP contribution in [-0.4, -0.2) is 26.2 Å². The lowest BCUT2D eigenvalue weighted by molar-refractivity contribution is -0.137. The number of anilines is 1. The fourth-order valence-corrected chi connectivity index (χ4v) is 1.89. The Bertz CT molecular complexity index is 664. The summed E-state index contributed by atoms with van der Waals surface area (Å²) in [5.74, 6) is 0. The van der Waals surface area contributed by atoms with Crippen LogP contribution in [0.5, 0.6) is 0 Å². The highest BCUT2D eigenvalue weighted by atomic mass is 35.5. The number of benzene rings is 1. The van der Waals surface area contributed by atoms with Gasteiger partial charge in [0.25, 0.3) is 0 Å². The molecule has 0 heterocycles. The summed E-state index contributed by atoms with van der Waals surface area (Å²) in [7, 11) is -3.81. The van der Waals surface area contributed by atoms with Crippen molar-refractivity contribution in [2.45, 2.75) is 18.3 Å². The lowest BCUT2D eigenvalue weighted by Crippen LogP contribution is -2.39. The third-order valence-electron chi connectivity index (χ3n) is 2.64. The van der Waals surface area contributed by atoms with Crippen LogP contribution in [0.1, 0.15) is 12.5 Å². The first-order chi connectivity index (χ1) is 9.91. The number of hydrogen-bond acceptors (Lipinski definition) is 3. The zero-order chi connectivity index (χ0) is 17.1. The van der Waals surface area contributed by atoms with Crippen LogP contribution in [0.25, 0.3) is 0 Å². The molecular formula is C11H13ClF3N3O3S. The van der Waals surface area contributed by atoms with Crippen LogP contribution < -0.4 is 15.8 Å². The second-order valence-electron chi connectivity index (χ2n) is 4.43. The standard InChI is InChI=1S/C11H13ClF3N3O3S/c1-6(22(16,20)21)5-17-10(19)18-7-2-3-9(12)8(4-7)11(13,14)15/h2-4,6H,5H2,1H3,(H2,16,20,21)(H2,17,18,19)/t6-/m1/s1. The molecule has 1 aromatic rings. The van der Waals surface area contributed by atoms with E-state index in [1.54, 1.807) is 0 Å². The Morgan fingerprint density at radius 3 is 2.50 bits per heavy atom. The number of amides is 2. The molecule has 0 aliphatic rings. The maximum Gasteiger partial charge on any atom is 0.417 e. The van der Waals surface area contributed by atoms with Crippen LogP contribution in [0.3, 0.4) is 0 Å². The van der Waals surface area contributed by atoms with Gasteiger partial charge in [-0.1, -0.05) is 11.6 Å². The van der Waals surface area contributed by atoms with Crippen LogP contribution in [0.15, 0.2) is 18.2 Å². The van der Waals surface area contributed by atoms with E-state index in [4.69, 9.17) is 16.7 Å². The second kappa shape index (κ2) is 6.71. The second-order valence-corrected chi connectivity index (χ2v) is 6.82. The number of urea groups is 1. The molecular weight excluding hydrogens is 347 g/mol. The van der Waals surface area contributed by atoms with Gasteiger partial charge in [0, 0.05) is 12.2 Å². The number of carbonyl (C=O) groups excluding carboxylic acids is 1. The molecule has 0 aromatic heterocycles. The van der Waals surface area contributed by atoms with Gasteiger partial charge in [-0.05, 0) is 25.1 Å². The van der Waals surface area contributed by atoms with Gasteiger partial charge in [-0.3, -0.25) is 0 Å². The Kier molecular flexibility index (Phi) is 5.65. The molecule has 4 N–H and O–H groups in total. The van der Waals surface area contributed by atoms with Gasteiger partial charge >= 0.3 is 12.2 Å². The SMILES string of the molecule is C[C@H](CNC(=O)Nc1ccc(Cl)c(C(F)(F)F)c1)S(N)(=O)=O. The van der Waals surface area contributed by atoms with E-state index in [2.05, 4.69) is 10.6 Å². The van der Waals surface area contributed by atoms with Crippen molar-refractivity contribution in [2.75, 3.05) is 11.9 Å². The van der Waals surface area contributed by atoms with Crippen LogP contribution in [0.4, 0.5) is 23.7 Å². The molecule has 1 rings (SSSR count). The molecule has 2 amide bonds. The first-order valence-electron chi connectivity index (χ1n) is 5.84. The first-order valence-corrected chi connectivity index (χ1v) is 7.83. The lowest BCUT2D eigenvalue weighted by Gasteiger charge is -2.13. The monoisotopic (exact) mass is 359 g/mol. The summed E-state index contributed by atoms with van der Waals surface area (Å²) in [5, 5.41) is 7.66. The smallest absolute Gasteiger partial charge is 0.337 e. The first kappa shape index (κ1) is 18.5. The summed E-state index contributed by atoms with van der Waals surface area (Å²) >= 11 is 5.44. The number of nitrogens with two attached hydrogens (primary N) is 1. The molecule has 124 valence electrons. The number of sulfonamides is 1. The third kappa shape index (κ3) is 5.35. The average molecular weight is 360 g/mol. The van der Waals surface area contributed by atoms with E-state index in [0.717, 1.165) is 6.07 Å². The number of carbonyl (C=O) groups is 1. The number of halogens is 4. The molecule has 0 unspecified atom stereocenters. The topological polar surface area (TPSA) is 101 Å². The number of alkyl halides is 3. The minimum absolute atomic E-state index is 0.141. The largest absolute Gasteiger partial charge is 0.417 e. The zero-order valence-corrected chi connectivity index (χ0v) is 12.8. The van der Waals surface area contributed by atoms with E-state index >= 15 is 0 Å². The Morgan fingerprint density at radius 1 is 1.41 bits per heavy atom. The van der Waals surface area contributed by atoms with Crippen LogP contribution in [0.2, 0.25) is 5.02 Å². The van der Waals surface area contributed by atoms with Crippen molar-refractivity contribution in [2.24, 2.45) is 5.14 Å². The van der Waals surface area contributed by atoms with E-state index in [1.807, 2.05) is 0 Å². The van der Waals surface area contributed by atoms with Gasteiger partial charge in [0.15, 0.2) is 0 Å². The van der Waals surface area contributed by atoms with E-state index in [9.17, 15) is 26.4 Å². The minimum Gasteiger partial charge on any atom is -0.337 e. The van der Waals surface area contributed by atoms with Crippen molar-refractivity contribution >= 4 is 33.3 Å². The van der Waals surface area contributed by atoms with Crippen LogP contribution >= 0.6 is 11.6 Å². The van der Waals surface area contributed by atoms with Crippen molar-refractivity contribution in [3.63, 3.8) is 0 Å². The molecule has 0 aliphatic carbocycles. The van der Waals surface area contributed by atoms with Crippen molar-refractivity contribution in [3.05, 3.63) is 28.8 Å². The maximum atomic E-state index is 12.7. The summed E-state index contributed by atoms with van der Waals surface area (Å²) in [6.45, 7) is 0.990. The van der Waals surface area contributed by atoms with Crippen LogP contribution in [0, 0.1) is 0 Å². The summed E-state index contributed by atoms with van der Waals surface area (Å²) in [5.41, 5.74) is -1.23. The molecule has 0 radical (unpaired) electrons. The Labute approximate surface area is 129 Å². The minimum atomic E-state index is -4.66. The summed E-state index contributed by atoms with van der Waals surface area (Å²) < 4.78 is 59.9. The van der Waals surface area contributed by atoms with Gasteiger partial charge in [0.05, 0.1) is 15.8 Å². The molecule has 0 fully saturated rings. The number of hydrogen-bond donors (Lipinski definition) is 3. The quantitative estimate of drug-likeness (QED) is 0.767. The Morgan fingerprint density at radius 2 is 2.00 bits per heavy atom. The van der Waals surface area contributed by atoms with Crippen molar-refractivity contribution in [1.82, 2.24) is 5.32 Å². The van der Waals surface area contributed by atoms with E-state index in [-0.39, 0.29) is 12.2 Å². The normalized spacial score (nSPS) is 13.5. The van der Waals surface area contributed by atoms with E-state index < -0.39 is 38.1 Å². The predicted octanol–water partition coefficient (Wildman–Crippen LogP) is 2.16. The molecule has 0 saturated heterocycles. The highest BCUT2D eigenvalue weighted by Crippen LogP contribution is 2.36. The fraction of sp³-hybridized carbons (Fsp3) is 0.364. The molecule has 0 bridgehead atoms. The molecule has 22 heavy (non-hydrogen) atoms. The van der Waals surface area contributed by atoms with Gasteiger partial charge in [-0.25, -0.2) is 18.4 Å². The fourth-order valence-electron chi connectivity index (χ4n) is 1.35. The molecule has 11 heteroatoms. The van der Waals surface area contributed by atoms with Gasteiger partial charge in [0.2, 0.25) is 10.0 Å². The third-order valence-corrected chi connectivity index (χ3v) is 4.26. The highest BCUT2D eigenvalue weighted by molar-refractivity contribution is 7.89. The Balaban J connectivity index is 2.74. The summed E-state index contributed by atoms with van der Waals surface area (Å²) in [6, 6.07) is 1.98. The Hall–Kier alpha value is -1.52. The average Bonchev–Trinajstić information content (AvgIpc) is 2.35. The molecule has 1 atom stereocenters. The lowest BCUT2D eigenvalue weighted by atomic mass is 10.2. The predicted molar refractivity (Wildman–Crippen MR) is 76.0 cm³/mol.